The summed E-state index contributed by atoms with van der Waals surface area (Å²) in [6.07, 6.45) is 5.59. The summed E-state index contributed by atoms with van der Waals surface area (Å²) in [4.78, 5) is 30.3. The highest BCUT2D eigenvalue weighted by atomic mass is 35.5. The molecule has 1 spiro atoms. The number of hydrogen-bond donors (Lipinski definition) is 0. The summed E-state index contributed by atoms with van der Waals surface area (Å²) in [6.45, 7) is 4.05. The summed E-state index contributed by atoms with van der Waals surface area (Å²) >= 11 is 6.32. The van der Waals surface area contributed by atoms with E-state index >= 15 is 0 Å². The van der Waals surface area contributed by atoms with Gasteiger partial charge in [0.05, 0.1) is 17.2 Å². The van der Waals surface area contributed by atoms with E-state index in [1.165, 1.54) is 0 Å². The Kier molecular flexibility index (Phi) is 5.17. The molecule has 146 valence electrons. The first-order chi connectivity index (χ1) is 13.0. The molecule has 0 N–H and O–H groups in total. The molecule has 1 aliphatic carbocycles. The summed E-state index contributed by atoms with van der Waals surface area (Å²) in [5.41, 5.74) is -0.232. The lowest BCUT2D eigenvalue weighted by Crippen LogP contribution is -2.57. The molecule has 2 amide bonds. The Hall–Kier alpha value is -1.59. The van der Waals surface area contributed by atoms with Crippen LogP contribution in [0.5, 0.6) is 0 Å². The van der Waals surface area contributed by atoms with Crippen molar-refractivity contribution in [3.8, 4) is 0 Å². The summed E-state index contributed by atoms with van der Waals surface area (Å²) in [7, 11) is 0. The molecule has 0 bridgehead atoms. The Bertz CT molecular complexity index is 724. The van der Waals surface area contributed by atoms with Crippen molar-refractivity contribution in [1.82, 2.24) is 9.80 Å². The first-order valence-corrected chi connectivity index (χ1v) is 10.4. The Morgan fingerprint density at radius 3 is 2.48 bits per heavy atom. The number of hydrogen-bond acceptors (Lipinski definition) is 3. The maximum atomic E-state index is 13.5. The van der Waals surface area contributed by atoms with Gasteiger partial charge in [-0.15, -0.1) is 0 Å². The highest BCUT2D eigenvalue weighted by molar-refractivity contribution is 6.33. The van der Waals surface area contributed by atoms with Crippen LogP contribution in [0, 0.1) is 5.92 Å². The van der Waals surface area contributed by atoms with Gasteiger partial charge in [-0.05, 0) is 56.6 Å². The van der Waals surface area contributed by atoms with Crippen LogP contribution in [0.15, 0.2) is 24.3 Å². The normalized spacial score (nSPS) is 30.9. The molecule has 3 aliphatic rings. The molecular formula is C21H27ClN2O3. The van der Waals surface area contributed by atoms with E-state index in [-0.39, 0.29) is 18.4 Å². The Morgan fingerprint density at radius 1 is 1.15 bits per heavy atom. The van der Waals surface area contributed by atoms with Gasteiger partial charge >= 0.3 is 0 Å². The van der Waals surface area contributed by atoms with E-state index < -0.39 is 11.8 Å². The molecule has 1 saturated carbocycles. The number of carbonyl (C=O) groups excluding carboxylic acids is 2. The third-order valence-electron chi connectivity index (χ3n) is 6.34. The number of likely N-dealkylation sites (tertiary alicyclic amines) is 1. The summed E-state index contributed by atoms with van der Waals surface area (Å²) < 4.78 is 6.23. The second-order valence-electron chi connectivity index (χ2n) is 8.14. The number of benzene rings is 1. The average molecular weight is 391 g/mol. The van der Waals surface area contributed by atoms with Crippen molar-refractivity contribution in [3.63, 3.8) is 0 Å². The van der Waals surface area contributed by atoms with Gasteiger partial charge in [0.1, 0.15) is 11.8 Å². The van der Waals surface area contributed by atoms with Crippen molar-refractivity contribution < 1.29 is 14.3 Å². The van der Waals surface area contributed by atoms with Gasteiger partial charge in [-0.3, -0.25) is 14.5 Å². The smallest absolute Gasteiger partial charge is 0.258 e. The largest absolute Gasteiger partial charge is 0.353 e. The maximum Gasteiger partial charge on any atom is 0.258 e. The fourth-order valence-electron chi connectivity index (χ4n) is 4.68. The van der Waals surface area contributed by atoms with Gasteiger partial charge < -0.3 is 9.64 Å². The Labute approximate surface area is 165 Å². The van der Waals surface area contributed by atoms with E-state index in [1.54, 1.807) is 17.0 Å². The predicted octanol–water partition coefficient (Wildman–Crippen LogP) is 3.71. The minimum atomic E-state index is -0.678. The van der Waals surface area contributed by atoms with Gasteiger partial charge in [-0.2, -0.15) is 0 Å². The van der Waals surface area contributed by atoms with Gasteiger partial charge in [-0.25, -0.2) is 0 Å². The second-order valence-corrected chi connectivity index (χ2v) is 8.55. The first-order valence-electron chi connectivity index (χ1n) is 10.0. The van der Waals surface area contributed by atoms with Gasteiger partial charge in [0.25, 0.3) is 5.91 Å². The number of ether oxygens (including phenoxy) is 1. The van der Waals surface area contributed by atoms with E-state index in [9.17, 15) is 9.59 Å². The number of carbonyl (C=O) groups is 2. The Balaban J connectivity index is 1.68. The van der Waals surface area contributed by atoms with Crippen LogP contribution >= 0.6 is 11.6 Å². The van der Waals surface area contributed by atoms with Gasteiger partial charge in [0.2, 0.25) is 5.91 Å². The molecule has 1 aromatic rings. The van der Waals surface area contributed by atoms with Gasteiger partial charge in [-0.1, -0.05) is 30.7 Å². The Morgan fingerprint density at radius 2 is 1.81 bits per heavy atom. The molecule has 0 radical (unpaired) electrons. The molecule has 2 saturated heterocycles. The minimum Gasteiger partial charge on any atom is -0.353 e. The van der Waals surface area contributed by atoms with Crippen LogP contribution in [0.1, 0.15) is 55.8 Å². The summed E-state index contributed by atoms with van der Waals surface area (Å²) in [5, 5.41) is 0.418. The lowest BCUT2D eigenvalue weighted by molar-refractivity contribution is -0.136. The lowest BCUT2D eigenvalue weighted by atomic mass is 9.83. The third-order valence-corrected chi connectivity index (χ3v) is 6.67. The molecule has 6 heteroatoms. The topological polar surface area (TPSA) is 49.9 Å². The lowest BCUT2D eigenvalue weighted by Gasteiger charge is -2.43. The number of rotatable bonds is 2. The van der Waals surface area contributed by atoms with E-state index in [0.29, 0.717) is 16.5 Å². The molecule has 0 aromatic heterocycles. The second kappa shape index (κ2) is 7.44. The van der Waals surface area contributed by atoms with Crippen molar-refractivity contribution in [2.24, 2.45) is 5.92 Å². The van der Waals surface area contributed by atoms with Crippen LogP contribution in [-0.2, 0) is 9.53 Å². The zero-order valence-electron chi connectivity index (χ0n) is 15.8. The average Bonchev–Trinajstić information content (AvgIpc) is 3.32. The van der Waals surface area contributed by atoms with Gasteiger partial charge in [0, 0.05) is 13.1 Å². The van der Waals surface area contributed by atoms with Crippen LogP contribution in [0.3, 0.4) is 0 Å². The van der Waals surface area contributed by atoms with Crippen LogP contribution in [0.2, 0.25) is 5.02 Å². The van der Waals surface area contributed by atoms with Crippen molar-refractivity contribution in [1.29, 1.82) is 0 Å². The minimum absolute atomic E-state index is 0.0170. The maximum absolute atomic E-state index is 13.5. The summed E-state index contributed by atoms with van der Waals surface area (Å²) in [6, 6.07) is 6.52. The number of halogens is 1. The van der Waals surface area contributed by atoms with Crippen molar-refractivity contribution >= 4 is 23.4 Å². The highest BCUT2D eigenvalue weighted by Gasteiger charge is 2.54. The van der Waals surface area contributed by atoms with Crippen LogP contribution in [-0.4, -0.2) is 53.1 Å². The molecule has 2 aliphatic heterocycles. The zero-order valence-corrected chi connectivity index (χ0v) is 16.6. The first kappa shape index (κ1) is 18.8. The van der Waals surface area contributed by atoms with E-state index in [0.717, 1.165) is 51.6 Å². The summed E-state index contributed by atoms with van der Waals surface area (Å²) in [5.74, 6) is 0.443. The highest BCUT2D eigenvalue weighted by Crippen LogP contribution is 2.43. The van der Waals surface area contributed by atoms with Crippen LogP contribution in [0.25, 0.3) is 0 Å². The van der Waals surface area contributed by atoms with Crippen molar-refractivity contribution in [2.45, 2.75) is 57.2 Å². The van der Waals surface area contributed by atoms with E-state index in [4.69, 9.17) is 16.3 Å². The molecule has 5 nitrogen and oxygen atoms in total. The third kappa shape index (κ3) is 3.36. The van der Waals surface area contributed by atoms with Gasteiger partial charge in [0.15, 0.2) is 0 Å². The zero-order chi connectivity index (χ0) is 19.0. The molecule has 3 fully saturated rings. The fourth-order valence-corrected chi connectivity index (χ4v) is 4.90. The molecule has 0 unspecified atom stereocenters. The van der Waals surface area contributed by atoms with Crippen molar-refractivity contribution in [3.05, 3.63) is 34.9 Å². The molecule has 1 aromatic carbocycles. The standard InChI is InChI=1S/C21H27ClN2O3/c1-15-8-10-21(11-9-15)24(19(25)16-6-2-3-7-17(16)22)18(14-27-21)20(26)23-12-4-5-13-23/h2-3,6-7,15,18H,4-5,8-14H2,1H3/t15?,18-,21?/m1/s1. The van der Waals surface area contributed by atoms with Crippen molar-refractivity contribution in [2.75, 3.05) is 19.7 Å². The van der Waals surface area contributed by atoms with Crippen LogP contribution in [0.4, 0.5) is 0 Å². The monoisotopic (exact) mass is 390 g/mol. The molecule has 1 atom stereocenters. The molecule has 2 heterocycles. The van der Waals surface area contributed by atoms with E-state index in [2.05, 4.69) is 6.92 Å². The van der Waals surface area contributed by atoms with E-state index in [1.807, 2.05) is 17.0 Å². The SMILES string of the molecule is CC1CCC2(CC1)OC[C@H](C(=O)N1CCCC1)N2C(=O)c1ccccc1Cl. The fraction of sp³-hybridized carbons (Fsp3) is 0.619. The quantitative estimate of drug-likeness (QED) is 0.773. The molecule has 4 rings (SSSR count). The van der Waals surface area contributed by atoms with Crippen LogP contribution < -0.4 is 0 Å². The number of amides is 2. The molecule has 27 heavy (non-hydrogen) atoms. The molecular weight excluding hydrogens is 364 g/mol. The number of nitrogens with zero attached hydrogens (tertiary/aromatic N) is 2. The predicted molar refractivity (Wildman–Crippen MR) is 104 cm³/mol.